The first-order valence-corrected chi connectivity index (χ1v) is 2.08. The summed E-state index contributed by atoms with van der Waals surface area (Å²) in [5, 5.41) is 8.03. The fourth-order valence-electron chi connectivity index (χ4n) is 0.0909. The summed E-state index contributed by atoms with van der Waals surface area (Å²) in [7, 11) is 0. The monoisotopic (exact) mass is 120 g/mol. The molecule has 0 N–H and O–H groups in total. The van der Waals surface area contributed by atoms with Crippen molar-refractivity contribution in [3.63, 3.8) is 0 Å². The molecule has 0 heterocycles. The largest absolute Gasteiger partial charge is 0.299 e. The van der Waals surface area contributed by atoms with Gasteiger partial charge in [-0.25, -0.2) is 0 Å². The maximum Gasteiger partial charge on any atom is 0.146 e. The molecule has 3 heteroatoms. The minimum Gasteiger partial charge on any atom is -0.299 e. The van der Waals surface area contributed by atoms with E-state index in [-0.39, 0.29) is 35.3 Å². The summed E-state index contributed by atoms with van der Waals surface area (Å²) < 4.78 is 0. The van der Waals surface area contributed by atoms with Crippen molar-refractivity contribution in [3.8, 4) is 6.07 Å². The number of ketones is 1. The first-order chi connectivity index (χ1) is 3.18. The smallest absolute Gasteiger partial charge is 0.146 e. The summed E-state index contributed by atoms with van der Waals surface area (Å²) in [6.45, 7) is 3.00. The topological polar surface area (TPSA) is 40.9 Å². The molecule has 0 saturated heterocycles. The molecule has 0 aliphatic carbocycles. The quantitative estimate of drug-likeness (QED) is 0.468. The van der Waals surface area contributed by atoms with Crippen molar-refractivity contribution < 1.29 is 4.79 Å². The number of carbonyl (C=O) groups is 1. The van der Waals surface area contributed by atoms with Gasteiger partial charge >= 0.3 is 0 Å². The Labute approximate surface area is 71.2 Å². The molecule has 0 aromatic carbocycles. The minimum absolute atomic E-state index is 0. The second-order valence-corrected chi connectivity index (χ2v) is 1.46. The number of nitrogens with zero attached hydrogens (tertiary/aromatic N) is 1. The van der Waals surface area contributed by atoms with E-state index in [0.717, 1.165) is 0 Å². The zero-order valence-electron chi connectivity index (χ0n) is 5.43. The van der Waals surface area contributed by atoms with Gasteiger partial charge in [0.25, 0.3) is 0 Å². The average Bonchev–Trinajstić information content (AvgIpc) is 1.65. The second-order valence-electron chi connectivity index (χ2n) is 1.46. The molecule has 0 saturated carbocycles. The second kappa shape index (κ2) is 5.30. The molecule has 1 atom stereocenters. The van der Waals surface area contributed by atoms with Gasteiger partial charge in [-0.2, -0.15) is 5.26 Å². The van der Waals surface area contributed by atoms with E-state index in [2.05, 4.69) is 0 Å². The number of rotatable bonds is 1. The zero-order chi connectivity index (χ0) is 5.86. The van der Waals surface area contributed by atoms with Crippen LogP contribution in [0.4, 0.5) is 0 Å². The average molecular weight is 120 g/mol. The SMILES string of the molecule is CC(=O)C(C)C#N.[Na]. The van der Waals surface area contributed by atoms with E-state index in [4.69, 9.17) is 5.26 Å². The van der Waals surface area contributed by atoms with E-state index in [1.165, 1.54) is 6.92 Å². The molecular weight excluding hydrogens is 113 g/mol. The van der Waals surface area contributed by atoms with Crippen molar-refractivity contribution in [3.05, 3.63) is 0 Å². The first kappa shape index (κ1) is 11.0. The van der Waals surface area contributed by atoms with Crippen LogP contribution in [0.2, 0.25) is 0 Å². The van der Waals surface area contributed by atoms with Crippen LogP contribution in [-0.4, -0.2) is 35.3 Å². The molecule has 2 nitrogen and oxygen atoms in total. The van der Waals surface area contributed by atoms with Gasteiger partial charge in [-0.15, -0.1) is 0 Å². The molecule has 0 spiro atoms. The Morgan fingerprint density at radius 1 is 1.75 bits per heavy atom. The molecule has 0 bridgehead atoms. The van der Waals surface area contributed by atoms with Crippen LogP contribution in [-0.2, 0) is 4.79 Å². The summed E-state index contributed by atoms with van der Waals surface area (Å²) in [6.07, 6.45) is 0. The van der Waals surface area contributed by atoms with E-state index in [0.29, 0.717) is 0 Å². The van der Waals surface area contributed by atoms with Crippen LogP contribution >= 0.6 is 0 Å². The van der Waals surface area contributed by atoms with Crippen molar-refractivity contribution >= 4 is 35.3 Å². The van der Waals surface area contributed by atoms with Gasteiger partial charge in [-0.3, -0.25) is 4.79 Å². The Kier molecular flexibility index (Phi) is 7.30. The number of Topliss-reactive ketones (excluding diaryl/α,β-unsaturated/α-hetero) is 1. The number of hydrogen-bond acceptors (Lipinski definition) is 2. The predicted molar refractivity (Wildman–Crippen MR) is 31.2 cm³/mol. The minimum atomic E-state index is -0.431. The van der Waals surface area contributed by atoms with Gasteiger partial charge in [-0.1, -0.05) is 0 Å². The van der Waals surface area contributed by atoms with Gasteiger partial charge in [0, 0.05) is 29.6 Å². The molecule has 0 amide bonds. The maximum atomic E-state index is 10.2. The van der Waals surface area contributed by atoms with Crippen molar-refractivity contribution in [2.24, 2.45) is 5.92 Å². The van der Waals surface area contributed by atoms with E-state index in [1.54, 1.807) is 6.92 Å². The van der Waals surface area contributed by atoms with Crippen molar-refractivity contribution in [2.75, 3.05) is 0 Å². The molecular formula is C5H7NNaO. The Hall–Kier alpha value is 0.160. The molecule has 1 unspecified atom stereocenters. The third-order valence-electron chi connectivity index (χ3n) is 0.803. The fraction of sp³-hybridized carbons (Fsp3) is 0.600. The van der Waals surface area contributed by atoms with Gasteiger partial charge in [-0.05, 0) is 13.8 Å². The van der Waals surface area contributed by atoms with Crippen LogP contribution in [0.1, 0.15) is 13.8 Å². The summed E-state index contributed by atoms with van der Waals surface area (Å²) in [5.74, 6) is -0.498. The maximum absolute atomic E-state index is 10.2. The summed E-state index contributed by atoms with van der Waals surface area (Å²) in [4.78, 5) is 10.2. The van der Waals surface area contributed by atoms with Crippen LogP contribution in [0.15, 0.2) is 0 Å². The molecule has 39 valence electrons. The summed E-state index contributed by atoms with van der Waals surface area (Å²) in [6, 6.07) is 1.81. The predicted octanol–water partition coefficient (Wildman–Crippen LogP) is 0.354. The Morgan fingerprint density at radius 2 is 2.12 bits per heavy atom. The van der Waals surface area contributed by atoms with E-state index in [9.17, 15) is 4.79 Å². The Balaban J connectivity index is 0. The van der Waals surface area contributed by atoms with Gasteiger partial charge in [0.1, 0.15) is 11.7 Å². The van der Waals surface area contributed by atoms with Crippen LogP contribution in [0, 0.1) is 17.2 Å². The molecule has 0 aliphatic rings. The molecule has 8 heavy (non-hydrogen) atoms. The van der Waals surface area contributed by atoms with Gasteiger partial charge in [0.05, 0.1) is 6.07 Å². The van der Waals surface area contributed by atoms with Crippen molar-refractivity contribution in [1.29, 1.82) is 5.26 Å². The third-order valence-corrected chi connectivity index (χ3v) is 0.803. The standard InChI is InChI=1S/C5H7NO.Na/c1-4(3-6)5(2)7;/h4H,1-2H3;. The van der Waals surface area contributed by atoms with E-state index >= 15 is 0 Å². The van der Waals surface area contributed by atoms with Crippen LogP contribution in [0.25, 0.3) is 0 Å². The first-order valence-electron chi connectivity index (χ1n) is 2.08. The van der Waals surface area contributed by atoms with Crippen LogP contribution in [0.5, 0.6) is 0 Å². The van der Waals surface area contributed by atoms with Crippen LogP contribution in [0.3, 0.4) is 0 Å². The molecule has 0 aliphatic heterocycles. The molecule has 0 fully saturated rings. The normalized spacial score (nSPS) is 10.6. The number of hydrogen-bond donors (Lipinski definition) is 0. The Bertz CT molecular complexity index is 116. The Morgan fingerprint density at radius 3 is 2.12 bits per heavy atom. The van der Waals surface area contributed by atoms with Gasteiger partial charge in [0.15, 0.2) is 0 Å². The number of carbonyl (C=O) groups excluding carboxylic acids is 1. The third kappa shape index (κ3) is 4.32. The molecule has 1 radical (unpaired) electrons. The van der Waals surface area contributed by atoms with Crippen molar-refractivity contribution in [2.45, 2.75) is 13.8 Å². The van der Waals surface area contributed by atoms with Crippen molar-refractivity contribution in [1.82, 2.24) is 0 Å². The summed E-state index contributed by atoms with van der Waals surface area (Å²) >= 11 is 0. The molecule has 0 aromatic rings. The van der Waals surface area contributed by atoms with Crippen LogP contribution < -0.4 is 0 Å². The molecule has 0 rings (SSSR count). The van der Waals surface area contributed by atoms with E-state index in [1.807, 2.05) is 6.07 Å². The summed E-state index contributed by atoms with van der Waals surface area (Å²) in [5.41, 5.74) is 0. The van der Waals surface area contributed by atoms with E-state index < -0.39 is 5.92 Å². The fourth-order valence-corrected chi connectivity index (χ4v) is 0.0909. The van der Waals surface area contributed by atoms with Gasteiger partial charge in [0.2, 0.25) is 0 Å². The zero-order valence-corrected chi connectivity index (χ0v) is 7.43. The molecule has 0 aromatic heterocycles. The van der Waals surface area contributed by atoms with Gasteiger partial charge < -0.3 is 0 Å². The number of nitriles is 1.